The molecule has 0 bridgehead atoms. The number of ether oxygens (including phenoxy) is 1. The lowest BCUT2D eigenvalue weighted by Gasteiger charge is -2.15. The molecule has 0 amide bonds. The molecule has 0 aromatic heterocycles. The molecule has 4 heteroatoms. The lowest BCUT2D eigenvalue weighted by atomic mass is 9.98. The van der Waals surface area contributed by atoms with Crippen LogP contribution >= 0.6 is 0 Å². The number of alkyl halides is 3. The van der Waals surface area contributed by atoms with Crippen molar-refractivity contribution in [3.05, 3.63) is 29.3 Å². The van der Waals surface area contributed by atoms with Gasteiger partial charge in [0, 0.05) is 0 Å². The smallest absolute Gasteiger partial charge is 0.406 e. The van der Waals surface area contributed by atoms with Crippen LogP contribution in [-0.4, -0.2) is 6.36 Å². The molecular formula is C14H21F3O. The van der Waals surface area contributed by atoms with Gasteiger partial charge in [-0.25, -0.2) is 0 Å². The molecule has 1 nitrogen and oxygen atoms in total. The normalized spacial score (nSPS) is 10.9. The Morgan fingerprint density at radius 3 is 2.17 bits per heavy atom. The summed E-state index contributed by atoms with van der Waals surface area (Å²) in [6, 6.07) is 4.76. The second-order valence-corrected chi connectivity index (χ2v) is 4.19. The summed E-state index contributed by atoms with van der Waals surface area (Å²) in [6.07, 6.45) is -3.87. The van der Waals surface area contributed by atoms with Crippen molar-refractivity contribution in [3.8, 4) is 5.75 Å². The summed E-state index contributed by atoms with van der Waals surface area (Å²) >= 11 is 0. The van der Waals surface area contributed by atoms with Crippen LogP contribution in [0.5, 0.6) is 5.75 Å². The highest BCUT2D eigenvalue weighted by atomic mass is 19.4. The van der Waals surface area contributed by atoms with Crippen molar-refractivity contribution in [2.45, 2.75) is 47.4 Å². The van der Waals surface area contributed by atoms with Crippen molar-refractivity contribution in [2.75, 3.05) is 0 Å². The zero-order chi connectivity index (χ0) is 14.3. The first-order valence-corrected chi connectivity index (χ1v) is 6.14. The van der Waals surface area contributed by atoms with Crippen LogP contribution in [0.15, 0.2) is 18.2 Å². The predicted octanol–water partition coefficient (Wildman–Crippen LogP) is 5.12. The Morgan fingerprint density at radius 1 is 1.17 bits per heavy atom. The van der Waals surface area contributed by atoms with Crippen LogP contribution in [0.3, 0.4) is 0 Å². The fraction of sp³-hybridized carbons (Fsp3) is 0.571. The number of hydrogen-bond acceptors (Lipinski definition) is 1. The maximum atomic E-state index is 12.1. The molecule has 0 saturated carbocycles. The minimum Gasteiger partial charge on any atom is -0.406 e. The van der Waals surface area contributed by atoms with Gasteiger partial charge in [-0.15, -0.1) is 13.2 Å². The van der Waals surface area contributed by atoms with Gasteiger partial charge in [-0.2, -0.15) is 0 Å². The molecule has 1 aromatic carbocycles. The molecule has 0 saturated heterocycles. The lowest BCUT2D eigenvalue weighted by Crippen LogP contribution is -2.18. The molecule has 0 N–H and O–H groups in total. The Hall–Kier alpha value is -1.19. The molecule has 0 fully saturated rings. The van der Waals surface area contributed by atoms with Gasteiger partial charge in [0.2, 0.25) is 0 Å². The van der Waals surface area contributed by atoms with Crippen LogP contribution in [0.4, 0.5) is 13.2 Å². The van der Waals surface area contributed by atoms with Gasteiger partial charge in [0.15, 0.2) is 0 Å². The SMILES string of the molecule is CC.Cc1c(CC(C)C)cccc1OC(F)(F)F. The quantitative estimate of drug-likeness (QED) is 0.734. The topological polar surface area (TPSA) is 9.23 Å². The summed E-state index contributed by atoms with van der Waals surface area (Å²) in [7, 11) is 0. The summed E-state index contributed by atoms with van der Waals surface area (Å²) in [5, 5.41) is 0. The van der Waals surface area contributed by atoms with Gasteiger partial charge in [0.25, 0.3) is 0 Å². The first-order valence-electron chi connectivity index (χ1n) is 6.14. The van der Waals surface area contributed by atoms with Crippen molar-refractivity contribution in [1.29, 1.82) is 0 Å². The summed E-state index contributed by atoms with van der Waals surface area (Å²) in [4.78, 5) is 0. The van der Waals surface area contributed by atoms with Gasteiger partial charge in [-0.3, -0.25) is 0 Å². The Morgan fingerprint density at radius 2 is 1.72 bits per heavy atom. The third-order valence-electron chi connectivity index (χ3n) is 2.25. The average Bonchev–Trinajstić information content (AvgIpc) is 2.24. The first-order chi connectivity index (χ1) is 8.29. The zero-order valence-electron chi connectivity index (χ0n) is 11.6. The van der Waals surface area contributed by atoms with Crippen LogP contribution in [0.1, 0.15) is 38.8 Å². The highest BCUT2D eigenvalue weighted by Crippen LogP contribution is 2.28. The highest BCUT2D eigenvalue weighted by molar-refractivity contribution is 5.39. The molecule has 0 atom stereocenters. The van der Waals surface area contributed by atoms with Crippen LogP contribution in [0.25, 0.3) is 0 Å². The first kappa shape index (κ1) is 16.8. The zero-order valence-corrected chi connectivity index (χ0v) is 11.6. The largest absolute Gasteiger partial charge is 0.573 e. The molecule has 0 aliphatic rings. The monoisotopic (exact) mass is 262 g/mol. The van der Waals surface area contributed by atoms with Crippen molar-refractivity contribution in [1.82, 2.24) is 0 Å². The summed E-state index contributed by atoms with van der Waals surface area (Å²) in [6.45, 7) is 9.70. The summed E-state index contributed by atoms with van der Waals surface area (Å²) in [5.41, 5.74) is 1.46. The van der Waals surface area contributed by atoms with E-state index in [0.717, 1.165) is 12.0 Å². The van der Waals surface area contributed by atoms with E-state index in [0.29, 0.717) is 11.5 Å². The number of benzene rings is 1. The van der Waals surface area contributed by atoms with E-state index in [4.69, 9.17) is 0 Å². The van der Waals surface area contributed by atoms with Crippen LogP contribution in [0.2, 0.25) is 0 Å². The van der Waals surface area contributed by atoms with Gasteiger partial charge in [0.1, 0.15) is 5.75 Å². The van der Waals surface area contributed by atoms with Gasteiger partial charge < -0.3 is 4.74 Å². The Bertz CT molecular complexity index is 357. The van der Waals surface area contributed by atoms with Crippen molar-refractivity contribution >= 4 is 0 Å². The minimum absolute atomic E-state index is 0.106. The highest BCUT2D eigenvalue weighted by Gasteiger charge is 2.31. The van der Waals surface area contributed by atoms with Crippen LogP contribution in [-0.2, 0) is 6.42 Å². The van der Waals surface area contributed by atoms with E-state index in [1.54, 1.807) is 13.0 Å². The molecule has 0 unspecified atom stereocenters. The number of rotatable bonds is 3. The standard InChI is InChI=1S/C12H15F3O.C2H6/c1-8(2)7-10-5-4-6-11(9(10)3)16-12(13,14)15;1-2/h4-6,8H,7H2,1-3H3;1-2H3. The molecule has 0 aliphatic carbocycles. The maximum Gasteiger partial charge on any atom is 0.573 e. The molecule has 18 heavy (non-hydrogen) atoms. The molecule has 1 rings (SSSR count). The lowest BCUT2D eigenvalue weighted by molar-refractivity contribution is -0.274. The number of halogens is 3. The maximum absolute atomic E-state index is 12.1. The third-order valence-corrected chi connectivity index (χ3v) is 2.25. The summed E-state index contributed by atoms with van der Waals surface area (Å²) < 4.78 is 40.2. The van der Waals surface area contributed by atoms with Crippen LogP contribution in [0, 0.1) is 12.8 Å². The van der Waals surface area contributed by atoms with Gasteiger partial charge >= 0.3 is 6.36 Å². The fourth-order valence-corrected chi connectivity index (χ4v) is 1.56. The third kappa shape index (κ3) is 5.94. The van der Waals surface area contributed by atoms with Gasteiger partial charge in [-0.1, -0.05) is 39.8 Å². The van der Waals surface area contributed by atoms with Crippen LogP contribution < -0.4 is 4.74 Å². The molecule has 0 aliphatic heterocycles. The molecule has 104 valence electrons. The molecule has 0 heterocycles. The van der Waals surface area contributed by atoms with Crippen molar-refractivity contribution in [3.63, 3.8) is 0 Å². The number of hydrogen-bond donors (Lipinski definition) is 0. The predicted molar refractivity (Wildman–Crippen MR) is 67.8 cm³/mol. The van der Waals surface area contributed by atoms with E-state index < -0.39 is 6.36 Å². The van der Waals surface area contributed by atoms with E-state index in [2.05, 4.69) is 4.74 Å². The second-order valence-electron chi connectivity index (χ2n) is 4.19. The van der Waals surface area contributed by atoms with E-state index >= 15 is 0 Å². The Balaban J connectivity index is 0.00000137. The van der Waals surface area contributed by atoms with Crippen molar-refractivity contribution in [2.24, 2.45) is 5.92 Å². The van der Waals surface area contributed by atoms with E-state index in [1.165, 1.54) is 6.07 Å². The molecule has 0 spiro atoms. The van der Waals surface area contributed by atoms with Crippen molar-refractivity contribution < 1.29 is 17.9 Å². The van der Waals surface area contributed by atoms with E-state index in [-0.39, 0.29) is 5.75 Å². The van der Waals surface area contributed by atoms with Gasteiger partial charge in [-0.05, 0) is 36.5 Å². The average molecular weight is 262 g/mol. The second kappa shape index (κ2) is 7.29. The summed E-state index contributed by atoms with van der Waals surface area (Å²) in [5.74, 6) is 0.297. The van der Waals surface area contributed by atoms with E-state index in [9.17, 15) is 13.2 Å². The fourth-order valence-electron chi connectivity index (χ4n) is 1.56. The Kier molecular flexibility index (Phi) is 6.81. The minimum atomic E-state index is -4.62. The molecule has 0 radical (unpaired) electrons. The van der Waals surface area contributed by atoms with Gasteiger partial charge in [0.05, 0.1) is 0 Å². The molecular weight excluding hydrogens is 241 g/mol. The van der Waals surface area contributed by atoms with E-state index in [1.807, 2.05) is 33.8 Å². The Labute approximate surface area is 107 Å². The molecule has 1 aromatic rings.